The number of imide groups is 1. The van der Waals surface area contributed by atoms with Crippen molar-refractivity contribution < 1.29 is 19.5 Å². The predicted octanol–water partition coefficient (Wildman–Crippen LogP) is 2.70. The van der Waals surface area contributed by atoms with E-state index in [1.54, 1.807) is 37.3 Å². The standard InChI is InChI=1S/C18H16N2O4S/c1-10-2-3-11(18(23)24)8-14(10)20-16(21)9-15(17(20)22)25-13-6-4-12(19)5-7-13/h2-8,15H,9,19H2,1H3,(H,23,24). The number of hydrogen-bond donors (Lipinski definition) is 2. The molecule has 1 atom stereocenters. The third-order valence-electron chi connectivity index (χ3n) is 3.96. The van der Waals surface area contributed by atoms with Crippen LogP contribution in [0.4, 0.5) is 11.4 Å². The average molecular weight is 356 g/mol. The summed E-state index contributed by atoms with van der Waals surface area (Å²) in [7, 11) is 0. The van der Waals surface area contributed by atoms with E-state index < -0.39 is 11.2 Å². The number of anilines is 2. The summed E-state index contributed by atoms with van der Waals surface area (Å²) in [4.78, 5) is 38.2. The molecule has 6 nitrogen and oxygen atoms in total. The lowest BCUT2D eigenvalue weighted by molar-refractivity contribution is -0.121. The van der Waals surface area contributed by atoms with E-state index in [-0.39, 0.29) is 23.8 Å². The molecule has 128 valence electrons. The first-order chi connectivity index (χ1) is 11.9. The molecule has 0 bridgehead atoms. The molecule has 1 saturated heterocycles. The maximum absolute atomic E-state index is 12.7. The topological polar surface area (TPSA) is 101 Å². The molecule has 3 rings (SSSR count). The van der Waals surface area contributed by atoms with Crippen LogP contribution < -0.4 is 10.6 Å². The Kier molecular flexibility index (Phi) is 4.50. The van der Waals surface area contributed by atoms with Crippen molar-refractivity contribution in [1.82, 2.24) is 0 Å². The summed E-state index contributed by atoms with van der Waals surface area (Å²) in [6.45, 7) is 1.74. The molecule has 1 heterocycles. The summed E-state index contributed by atoms with van der Waals surface area (Å²) in [5.41, 5.74) is 7.31. The van der Waals surface area contributed by atoms with Gasteiger partial charge in [0.25, 0.3) is 0 Å². The summed E-state index contributed by atoms with van der Waals surface area (Å²) in [5.74, 6) is -1.77. The van der Waals surface area contributed by atoms with E-state index in [9.17, 15) is 14.4 Å². The van der Waals surface area contributed by atoms with Gasteiger partial charge in [0, 0.05) is 17.0 Å². The number of carboxylic acid groups (broad SMARTS) is 1. The molecule has 0 radical (unpaired) electrons. The lowest BCUT2D eigenvalue weighted by atomic mass is 10.1. The highest BCUT2D eigenvalue weighted by molar-refractivity contribution is 8.00. The summed E-state index contributed by atoms with van der Waals surface area (Å²) < 4.78 is 0. The Morgan fingerprint density at radius 3 is 2.52 bits per heavy atom. The first-order valence-electron chi connectivity index (χ1n) is 7.60. The quantitative estimate of drug-likeness (QED) is 0.645. The van der Waals surface area contributed by atoms with E-state index >= 15 is 0 Å². The van der Waals surface area contributed by atoms with Gasteiger partial charge in [-0.1, -0.05) is 6.07 Å². The van der Waals surface area contributed by atoms with Gasteiger partial charge in [-0.05, 0) is 48.9 Å². The van der Waals surface area contributed by atoms with E-state index in [2.05, 4.69) is 0 Å². The fourth-order valence-electron chi connectivity index (χ4n) is 2.64. The molecule has 2 aromatic carbocycles. The van der Waals surface area contributed by atoms with Crippen molar-refractivity contribution in [3.05, 3.63) is 53.6 Å². The number of aromatic carboxylic acids is 1. The fourth-order valence-corrected chi connectivity index (χ4v) is 3.70. The third kappa shape index (κ3) is 3.36. The van der Waals surface area contributed by atoms with Crippen molar-refractivity contribution in [3.63, 3.8) is 0 Å². The second-order valence-electron chi connectivity index (χ2n) is 5.75. The Morgan fingerprint density at radius 1 is 1.20 bits per heavy atom. The lowest BCUT2D eigenvalue weighted by Crippen LogP contribution is -2.31. The first kappa shape index (κ1) is 17.0. The highest BCUT2D eigenvalue weighted by atomic mass is 32.2. The Hall–Kier alpha value is -2.80. The smallest absolute Gasteiger partial charge is 0.335 e. The van der Waals surface area contributed by atoms with E-state index in [4.69, 9.17) is 10.8 Å². The van der Waals surface area contributed by atoms with Crippen LogP contribution in [0.1, 0.15) is 22.3 Å². The maximum Gasteiger partial charge on any atom is 0.335 e. The number of thioether (sulfide) groups is 1. The number of amides is 2. The van der Waals surface area contributed by atoms with Gasteiger partial charge < -0.3 is 10.8 Å². The Bertz CT molecular complexity index is 864. The molecule has 1 unspecified atom stereocenters. The molecular weight excluding hydrogens is 340 g/mol. The van der Waals surface area contributed by atoms with E-state index in [0.717, 1.165) is 9.80 Å². The largest absolute Gasteiger partial charge is 0.478 e. The zero-order valence-electron chi connectivity index (χ0n) is 13.4. The number of nitrogens with zero attached hydrogens (tertiary/aromatic N) is 1. The second kappa shape index (κ2) is 6.60. The SMILES string of the molecule is Cc1ccc(C(=O)O)cc1N1C(=O)CC(Sc2ccc(N)cc2)C1=O. The molecule has 7 heteroatoms. The van der Waals surface area contributed by atoms with Gasteiger partial charge in [0.15, 0.2) is 0 Å². The zero-order chi connectivity index (χ0) is 18.1. The first-order valence-corrected chi connectivity index (χ1v) is 8.47. The Morgan fingerprint density at radius 2 is 1.88 bits per heavy atom. The van der Waals surface area contributed by atoms with Crippen molar-refractivity contribution >= 4 is 40.9 Å². The van der Waals surface area contributed by atoms with Crippen molar-refractivity contribution in [2.45, 2.75) is 23.5 Å². The van der Waals surface area contributed by atoms with Crippen molar-refractivity contribution in [1.29, 1.82) is 0 Å². The van der Waals surface area contributed by atoms with E-state index in [1.165, 1.54) is 23.9 Å². The van der Waals surface area contributed by atoms with Gasteiger partial charge in [-0.3, -0.25) is 9.59 Å². The minimum absolute atomic E-state index is 0.0378. The van der Waals surface area contributed by atoms with Gasteiger partial charge in [0.2, 0.25) is 11.8 Å². The molecule has 2 aromatic rings. The summed E-state index contributed by atoms with van der Waals surface area (Å²) >= 11 is 1.30. The van der Waals surface area contributed by atoms with Crippen LogP contribution in [0, 0.1) is 6.92 Å². The van der Waals surface area contributed by atoms with E-state index in [0.29, 0.717) is 16.9 Å². The number of aryl methyl sites for hydroxylation is 1. The van der Waals surface area contributed by atoms with Gasteiger partial charge in [-0.15, -0.1) is 11.8 Å². The molecule has 25 heavy (non-hydrogen) atoms. The number of benzene rings is 2. The number of carbonyl (C=O) groups is 3. The van der Waals surface area contributed by atoms with E-state index in [1.807, 2.05) is 0 Å². The molecule has 0 aromatic heterocycles. The van der Waals surface area contributed by atoms with Crippen molar-refractivity contribution in [2.75, 3.05) is 10.6 Å². The number of carbonyl (C=O) groups excluding carboxylic acids is 2. The minimum atomic E-state index is -1.10. The highest BCUT2D eigenvalue weighted by Gasteiger charge is 2.40. The molecule has 3 N–H and O–H groups in total. The van der Waals surface area contributed by atoms with Gasteiger partial charge in [0.05, 0.1) is 16.5 Å². The van der Waals surface area contributed by atoms with Crippen LogP contribution in [-0.2, 0) is 9.59 Å². The molecule has 1 aliphatic rings. The summed E-state index contributed by atoms with van der Waals surface area (Å²) in [6.07, 6.45) is 0.0740. The highest BCUT2D eigenvalue weighted by Crippen LogP contribution is 2.35. The van der Waals surface area contributed by atoms with Crippen LogP contribution in [0.3, 0.4) is 0 Å². The van der Waals surface area contributed by atoms with Crippen LogP contribution in [-0.4, -0.2) is 28.1 Å². The zero-order valence-corrected chi connectivity index (χ0v) is 14.2. The van der Waals surface area contributed by atoms with Crippen LogP contribution in [0.2, 0.25) is 0 Å². The number of rotatable bonds is 4. The molecule has 2 amide bonds. The minimum Gasteiger partial charge on any atom is -0.478 e. The number of hydrogen-bond acceptors (Lipinski definition) is 5. The second-order valence-corrected chi connectivity index (χ2v) is 7.03. The van der Waals surface area contributed by atoms with Gasteiger partial charge >= 0.3 is 5.97 Å². The average Bonchev–Trinajstić information content (AvgIpc) is 2.84. The summed E-state index contributed by atoms with van der Waals surface area (Å²) in [5, 5.41) is 8.60. The monoisotopic (exact) mass is 356 g/mol. The molecule has 1 fully saturated rings. The van der Waals surface area contributed by atoms with Crippen molar-refractivity contribution in [3.8, 4) is 0 Å². The normalized spacial score (nSPS) is 17.2. The Balaban J connectivity index is 1.88. The molecular formula is C18H16N2O4S. The number of nitrogen functional groups attached to an aromatic ring is 1. The summed E-state index contributed by atoms with van der Waals surface area (Å²) in [6, 6.07) is 11.5. The lowest BCUT2D eigenvalue weighted by Gasteiger charge is -2.18. The molecule has 0 spiro atoms. The van der Waals surface area contributed by atoms with Crippen molar-refractivity contribution in [2.24, 2.45) is 0 Å². The molecule has 1 aliphatic heterocycles. The van der Waals surface area contributed by atoms with Crippen LogP contribution in [0.5, 0.6) is 0 Å². The molecule has 0 saturated carbocycles. The number of nitrogens with two attached hydrogens (primary N) is 1. The third-order valence-corrected chi connectivity index (χ3v) is 5.16. The maximum atomic E-state index is 12.7. The van der Waals surface area contributed by atoms with Gasteiger partial charge in [-0.25, -0.2) is 9.69 Å². The molecule has 0 aliphatic carbocycles. The number of carboxylic acids is 1. The van der Waals surface area contributed by atoms with Gasteiger partial charge in [0.1, 0.15) is 0 Å². The predicted molar refractivity (Wildman–Crippen MR) is 95.7 cm³/mol. The fraction of sp³-hybridized carbons (Fsp3) is 0.167. The van der Waals surface area contributed by atoms with Crippen LogP contribution in [0.15, 0.2) is 47.4 Å². The van der Waals surface area contributed by atoms with Gasteiger partial charge in [-0.2, -0.15) is 0 Å². The van der Waals surface area contributed by atoms with Crippen LogP contribution in [0.25, 0.3) is 0 Å². The Labute approximate surface area is 148 Å². The van der Waals surface area contributed by atoms with Crippen LogP contribution >= 0.6 is 11.8 Å².